The molecule has 1 fully saturated rings. The molecule has 4 rings (SSSR count). The van der Waals surface area contributed by atoms with Gasteiger partial charge in [-0.3, -0.25) is 19.7 Å². The third-order valence-corrected chi connectivity index (χ3v) is 6.73. The Labute approximate surface area is 237 Å². The number of aryl methyl sites for hydroxylation is 2. The Bertz CT molecular complexity index is 1520. The average molecular weight is 613 g/mol. The SMILES string of the molecule is COc1cc(/C=C2\C(=O)NC(=O)N(c3ccc(C)c(C)c3)C2=O)cc(Br)c1OCC(=O)Nc1ccc(Cl)cc1. The molecule has 0 aromatic heterocycles. The molecule has 3 aromatic rings. The first kappa shape index (κ1) is 27.9. The summed E-state index contributed by atoms with van der Waals surface area (Å²) in [5, 5.41) is 5.46. The zero-order valence-corrected chi connectivity index (χ0v) is 23.5. The van der Waals surface area contributed by atoms with Crippen molar-refractivity contribution in [1.29, 1.82) is 0 Å². The van der Waals surface area contributed by atoms with Gasteiger partial charge in [0, 0.05) is 10.7 Å². The number of nitrogens with zero attached hydrogens (tertiary/aromatic N) is 1. The monoisotopic (exact) mass is 611 g/mol. The standard InChI is InChI=1S/C28H23BrClN3O6/c1-15-4-9-20(10-16(15)2)33-27(36)21(26(35)32-28(33)37)11-17-12-22(29)25(23(13-17)38-3)39-14-24(34)31-19-7-5-18(30)6-8-19/h4-13H,14H2,1-3H3,(H,31,34)(H,32,35,37)/b21-11+. The third-order valence-electron chi connectivity index (χ3n) is 5.89. The highest BCUT2D eigenvalue weighted by molar-refractivity contribution is 9.10. The molecule has 1 heterocycles. The molecule has 1 aliphatic heterocycles. The summed E-state index contributed by atoms with van der Waals surface area (Å²) in [6.07, 6.45) is 1.35. The van der Waals surface area contributed by atoms with Crippen LogP contribution in [0.4, 0.5) is 16.2 Å². The van der Waals surface area contributed by atoms with Crippen LogP contribution in [0.1, 0.15) is 16.7 Å². The first-order chi connectivity index (χ1) is 18.6. The number of nitrogens with one attached hydrogen (secondary N) is 2. The molecule has 0 unspecified atom stereocenters. The molecule has 0 spiro atoms. The van der Waals surface area contributed by atoms with Crippen molar-refractivity contribution >= 4 is 68.7 Å². The second kappa shape index (κ2) is 11.7. The summed E-state index contributed by atoms with van der Waals surface area (Å²) in [6, 6.07) is 14.1. The van der Waals surface area contributed by atoms with Crippen LogP contribution in [-0.2, 0) is 14.4 Å². The highest BCUT2D eigenvalue weighted by Gasteiger charge is 2.37. The minimum Gasteiger partial charge on any atom is -0.493 e. The number of halogens is 2. The predicted molar refractivity (Wildman–Crippen MR) is 151 cm³/mol. The number of hydrogen-bond donors (Lipinski definition) is 2. The first-order valence-electron chi connectivity index (χ1n) is 11.6. The largest absolute Gasteiger partial charge is 0.493 e. The van der Waals surface area contributed by atoms with Crippen LogP contribution in [0.2, 0.25) is 5.02 Å². The van der Waals surface area contributed by atoms with Crippen LogP contribution in [0.5, 0.6) is 11.5 Å². The summed E-state index contributed by atoms with van der Waals surface area (Å²) >= 11 is 9.27. The molecule has 11 heteroatoms. The Morgan fingerprint density at radius 1 is 1.05 bits per heavy atom. The highest BCUT2D eigenvalue weighted by Crippen LogP contribution is 2.37. The van der Waals surface area contributed by atoms with Crippen molar-refractivity contribution in [1.82, 2.24) is 5.32 Å². The van der Waals surface area contributed by atoms with E-state index in [0.717, 1.165) is 16.0 Å². The predicted octanol–water partition coefficient (Wildman–Crippen LogP) is 5.41. The number of imide groups is 2. The van der Waals surface area contributed by atoms with Crippen LogP contribution in [0.25, 0.3) is 6.08 Å². The number of anilines is 2. The van der Waals surface area contributed by atoms with Gasteiger partial charge in [0.2, 0.25) is 0 Å². The van der Waals surface area contributed by atoms with Gasteiger partial charge in [-0.1, -0.05) is 17.7 Å². The fourth-order valence-electron chi connectivity index (χ4n) is 3.75. The summed E-state index contributed by atoms with van der Waals surface area (Å²) in [7, 11) is 1.41. The minimum absolute atomic E-state index is 0.238. The Kier molecular flexibility index (Phi) is 8.37. The maximum Gasteiger partial charge on any atom is 0.335 e. The van der Waals surface area contributed by atoms with E-state index in [4.69, 9.17) is 21.1 Å². The molecule has 1 aliphatic rings. The molecule has 1 saturated heterocycles. The van der Waals surface area contributed by atoms with Gasteiger partial charge in [0.1, 0.15) is 5.57 Å². The summed E-state index contributed by atoms with van der Waals surface area (Å²) in [6.45, 7) is 3.46. The molecule has 3 aromatic carbocycles. The van der Waals surface area contributed by atoms with E-state index in [9.17, 15) is 19.2 Å². The third kappa shape index (κ3) is 6.30. The number of barbiturate groups is 1. The first-order valence-corrected chi connectivity index (χ1v) is 12.8. The zero-order valence-electron chi connectivity index (χ0n) is 21.1. The molecule has 200 valence electrons. The van der Waals surface area contributed by atoms with E-state index in [1.54, 1.807) is 54.6 Å². The molecule has 9 nitrogen and oxygen atoms in total. The number of carbonyl (C=O) groups is 4. The highest BCUT2D eigenvalue weighted by atomic mass is 79.9. The van der Waals surface area contributed by atoms with Crippen molar-refractivity contribution in [3.05, 3.63) is 86.4 Å². The summed E-state index contributed by atoms with van der Waals surface area (Å²) in [5.41, 5.74) is 2.98. The number of methoxy groups -OCH3 is 1. The second-order valence-corrected chi connectivity index (χ2v) is 9.90. The summed E-state index contributed by atoms with van der Waals surface area (Å²) < 4.78 is 11.5. The van der Waals surface area contributed by atoms with Gasteiger partial charge < -0.3 is 14.8 Å². The van der Waals surface area contributed by atoms with Gasteiger partial charge in [-0.2, -0.15) is 0 Å². The van der Waals surface area contributed by atoms with Crippen molar-refractivity contribution in [2.75, 3.05) is 23.9 Å². The van der Waals surface area contributed by atoms with Crippen molar-refractivity contribution in [2.24, 2.45) is 0 Å². The Morgan fingerprint density at radius 3 is 2.44 bits per heavy atom. The van der Waals surface area contributed by atoms with Gasteiger partial charge >= 0.3 is 6.03 Å². The molecular weight excluding hydrogens is 590 g/mol. The molecular formula is C28H23BrClN3O6. The van der Waals surface area contributed by atoms with E-state index >= 15 is 0 Å². The molecule has 39 heavy (non-hydrogen) atoms. The lowest BCUT2D eigenvalue weighted by Crippen LogP contribution is -2.54. The van der Waals surface area contributed by atoms with E-state index in [1.807, 2.05) is 13.8 Å². The number of carbonyl (C=O) groups excluding carboxylic acids is 4. The number of ether oxygens (including phenoxy) is 2. The Hall–Kier alpha value is -4.15. The topological polar surface area (TPSA) is 114 Å². The van der Waals surface area contributed by atoms with Gasteiger partial charge in [0.15, 0.2) is 18.1 Å². The van der Waals surface area contributed by atoms with Gasteiger partial charge in [-0.15, -0.1) is 0 Å². The molecule has 0 radical (unpaired) electrons. The quantitative estimate of drug-likeness (QED) is 0.272. The van der Waals surface area contributed by atoms with Gasteiger partial charge in [-0.25, -0.2) is 9.69 Å². The molecule has 0 aliphatic carbocycles. The molecule has 5 amide bonds. The fraction of sp³-hybridized carbons (Fsp3) is 0.143. The van der Waals surface area contributed by atoms with Crippen molar-refractivity contribution in [3.8, 4) is 11.5 Å². The molecule has 2 N–H and O–H groups in total. The maximum absolute atomic E-state index is 13.3. The van der Waals surface area contributed by atoms with Crippen molar-refractivity contribution in [3.63, 3.8) is 0 Å². The van der Waals surface area contributed by atoms with E-state index < -0.39 is 23.8 Å². The molecule has 0 bridgehead atoms. The van der Waals surface area contributed by atoms with Crippen LogP contribution in [-0.4, -0.2) is 37.5 Å². The van der Waals surface area contributed by atoms with E-state index in [1.165, 1.54) is 13.2 Å². The fourth-order valence-corrected chi connectivity index (χ4v) is 4.45. The Balaban J connectivity index is 1.56. The molecule has 0 atom stereocenters. The van der Waals surface area contributed by atoms with Crippen molar-refractivity contribution in [2.45, 2.75) is 13.8 Å². The van der Waals surface area contributed by atoms with E-state index in [0.29, 0.717) is 26.4 Å². The summed E-state index contributed by atoms with van der Waals surface area (Å²) in [4.78, 5) is 51.7. The van der Waals surface area contributed by atoms with Crippen LogP contribution >= 0.6 is 27.5 Å². The van der Waals surface area contributed by atoms with E-state index in [-0.39, 0.29) is 23.7 Å². The number of hydrogen-bond acceptors (Lipinski definition) is 6. The van der Waals surface area contributed by atoms with E-state index in [2.05, 4.69) is 26.6 Å². The summed E-state index contributed by atoms with van der Waals surface area (Å²) in [5.74, 6) is -1.49. The molecule has 0 saturated carbocycles. The van der Waals surface area contributed by atoms with Crippen LogP contribution in [0.3, 0.4) is 0 Å². The lowest BCUT2D eigenvalue weighted by Gasteiger charge is -2.27. The van der Waals surface area contributed by atoms with Gasteiger partial charge in [0.05, 0.1) is 17.3 Å². The number of amides is 5. The lowest BCUT2D eigenvalue weighted by molar-refractivity contribution is -0.122. The average Bonchev–Trinajstić information content (AvgIpc) is 2.89. The number of rotatable bonds is 7. The van der Waals surface area contributed by atoms with Crippen LogP contribution in [0.15, 0.2) is 64.6 Å². The maximum atomic E-state index is 13.3. The second-order valence-electron chi connectivity index (χ2n) is 8.60. The van der Waals surface area contributed by atoms with Crippen LogP contribution in [0, 0.1) is 13.8 Å². The smallest absolute Gasteiger partial charge is 0.335 e. The number of urea groups is 1. The van der Waals surface area contributed by atoms with Crippen LogP contribution < -0.4 is 25.0 Å². The lowest BCUT2D eigenvalue weighted by atomic mass is 10.0. The Morgan fingerprint density at radius 2 is 1.77 bits per heavy atom. The van der Waals surface area contributed by atoms with Gasteiger partial charge in [0.25, 0.3) is 17.7 Å². The number of benzene rings is 3. The van der Waals surface area contributed by atoms with Gasteiger partial charge in [-0.05, 0) is 101 Å². The normalized spacial score (nSPS) is 14.3. The zero-order chi connectivity index (χ0) is 28.3. The minimum atomic E-state index is -0.829. The van der Waals surface area contributed by atoms with Crippen molar-refractivity contribution < 1.29 is 28.7 Å².